The Kier molecular flexibility index (Phi) is 4.74. The molecule has 14 heavy (non-hydrogen) atoms. The number of rotatable bonds is 3. The van der Waals surface area contributed by atoms with Gasteiger partial charge < -0.3 is 15.9 Å². The third-order valence-electron chi connectivity index (χ3n) is 1.10. The molecule has 0 saturated carbocycles. The summed E-state index contributed by atoms with van der Waals surface area (Å²) in [5.41, 5.74) is 0. The van der Waals surface area contributed by atoms with Gasteiger partial charge in [0.05, 0.1) is 6.61 Å². The molecule has 0 unspecified atom stereocenters. The zero-order valence-corrected chi connectivity index (χ0v) is 7.39. The number of halogens is 3. The second-order valence-corrected chi connectivity index (χ2v) is 2.13. The molecule has 3 N–H and O–H groups in total. The number of ether oxygens (including phenoxy) is 1. The van der Waals surface area contributed by atoms with Crippen LogP contribution >= 0.6 is 0 Å². The molecule has 0 aromatic heterocycles. The highest BCUT2D eigenvalue weighted by Gasteiger charge is 2.36. The minimum Gasteiger partial charge on any atom is -0.465 e. The molecule has 5 nitrogen and oxygen atoms in total. The molecule has 0 aromatic carbocycles. The van der Waals surface area contributed by atoms with E-state index in [0.29, 0.717) is 0 Å². The summed E-state index contributed by atoms with van der Waals surface area (Å²) < 4.78 is 40.2. The maximum atomic E-state index is 11.9. The molecule has 8 heteroatoms. The lowest BCUT2D eigenvalue weighted by molar-refractivity contribution is -0.141. The zero-order chi connectivity index (χ0) is 11.2. The van der Waals surface area contributed by atoms with Gasteiger partial charge in [0.1, 0.15) is 6.54 Å². The molecule has 0 aliphatic heterocycles. The van der Waals surface area contributed by atoms with Gasteiger partial charge >= 0.3 is 12.1 Å². The number of nitrogens with one attached hydrogen (secondary N) is 1. The monoisotopic (exact) mass is 213 g/mol. The van der Waals surface area contributed by atoms with Crippen LogP contribution in [0.3, 0.4) is 0 Å². The third-order valence-corrected chi connectivity index (χ3v) is 1.10. The van der Waals surface area contributed by atoms with Crippen molar-refractivity contribution >= 4 is 11.8 Å². The number of nitrogens with zero attached hydrogens (tertiary/aromatic N) is 1. The van der Waals surface area contributed by atoms with Gasteiger partial charge in [-0.2, -0.15) is 18.3 Å². The molecule has 0 radical (unpaired) electrons. The number of esters is 1. The highest BCUT2D eigenvalue weighted by Crippen LogP contribution is 2.14. The van der Waals surface area contributed by atoms with Crippen molar-refractivity contribution in [3.05, 3.63) is 0 Å². The second-order valence-electron chi connectivity index (χ2n) is 2.13. The summed E-state index contributed by atoms with van der Waals surface area (Å²) in [6.45, 7) is 1.02. The fourth-order valence-electron chi connectivity index (χ4n) is 0.587. The van der Waals surface area contributed by atoms with E-state index in [4.69, 9.17) is 0 Å². The van der Waals surface area contributed by atoms with Gasteiger partial charge in [-0.05, 0) is 6.92 Å². The average molecular weight is 213 g/mol. The molecule has 0 spiro atoms. The number of alkyl halides is 3. The first-order chi connectivity index (χ1) is 6.41. The van der Waals surface area contributed by atoms with Crippen molar-refractivity contribution in [2.24, 2.45) is 10.9 Å². The van der Waals surface area contributed by atoms with Crippen LogP contribution in [0.15, 0.2) is 5.10 Å². The fourth-order valence-corrected chi connectivity index (χ4v) is 0.587. The van der Waals surface area contributed by atoms with Crippen LogP contribution in [-0.2, 0) is 9.53 Å². The van der Waals surface area contributed by atoms with Crippen LogP contribution in [0.1, 0.15) is 6.92 Å². The maximum Gasteiger partial charge on any atom is 0.451 e. The van der Waals surface area contributed by atoms with E-state index in [2.05, 4.69) is 15.7 Å². The Morgan fingerprint density at radius 2 is 2.14 bits per heavy atom. The number of amidine groups is 1. The first-order valence-corrected chi connectivity index (χ1v) is 3.66. The number of carbonyl (C=O) groups excluding carboxylic acids is 1. The van der Waals surface area contributed by atoms with Crippen LogP contribution in [0.5, 0.6) is 0 Å². The molecule has 0 fully saturated rings. The van der Waals surface area contributed by atoms with E-state index in [1.54, 1.807) is 12.2 Å². The lowest BCUT2D eigenvalue weighted by Gasteiger charge is -2.10. The summed E-state index contributed by atoms with van der Waals surface area (Å²) in [5.74, 6) is 2.25. The molecule has 0 heterocycles. The summed E-state index contributed by atoms with van der Waals surface area (Å²) >= 11 is 0. The normalized spacial score (nSPS) is 12.4. The van der Waals surface area contributed by atoms with E-state index in [9.17, 15) is 18.0 Å². The van der Waals surface area contributed by atoms with Crippen molar-refractivity contribution < 1.29 is 22.7 Å². The SMILES string of the molecule is CCOC(=O)CN/C(=N\N)C(F)(F)F. The van der Waals surface area contributed by atoms with Gasteiger partial charge in [0.15, 0.2) is 0 Å². The lowest BCUT2D eigenvalue weighted by Crippen LogP contribution is -2.41. The van der Waals surface area contributed by atoms with Crippen molar-refractivity contribution in [2.75, 3.05) is 13.2 Å². The van der Waals surface area contributed by atoms with Gasteiger partial charge in [-0.15, -0.1) is 0 Å². The summed E-state index contributed by atoms with van der Waals surface area (Å²) in [5, 5.41) is 4.18. The van der Waals surface area contributed by atoms with Crippen LogP contribution in [0.2, 0.25) is 0 Å². The quantitative estimate of drug-likeness (QED) is 0.227. The minimum absolute atomic E-state index is 0.0988. The molecule has 0 atom stereocenters. The highest BCUT2D eigenvalue weighted by atomic mass is 19.4. The van der Waals surface area contributed by atoms with Crippen LogP contribution < -0.4 is 11.2 Å². The standard InChI is InChI=1S/C6H10F3N3O2/c1-2-14-4(13)3-11-5(12-10)6(7,8)9/h2-3,10H2,1H3,(H,11,12). The van der Waals surface area contributed by atoms with E-state index in [0.717, 1.165) is 0 Å². The summed E-state index contributed by atoms with van der Waals surface area (Å²) in [6, 6.07) is 0. The van der Waals surface area contributed by atoms with E-state index in [1.165, 1.54) is 0 Å². The molecule has 0 aromatic rings. The molecular weight excluding hydrogens is 203 g/mol. The van der Waals surface area contributed by atoms with Crippen molar-refractivity contribution in [2.45, 2.75) is 13.1 Å². The van der Waals surface area contributed by atoms with Crippen molar-refractivity contribution in [3.63, 3.8) is 0 Å². The van der Waals surface area contributed by atoms with Gasteiger partial charge in [0.25, 0.3) is 0 Å². The number of hydrogen-bond donors (Lipinski definition) is 2. The maximum absolute atomic E-state index is 11.9. The number of hydrogen-bond acceptors (Lipinski definition) is 4. The van der Waals surface area contributed by atoms with E-state index in [1.807, 2.05) is 0 Å². The average Bonchev–Trinajstić information content (AvgIpc) is 2.03. The Balaban J connectivity index is 4.05. The molecule has 0 amide bonds. The molecule has 0 aliphatic carbocycles. The van der Waals surface area contributed by atoms with Gasteiger partial charge in [-0.1, -0.05) is 0 Å². The van der Waals surface area contributed by atoms with Crippen molar-refractivity contribution in [1.29, 1.82) is 0 Å². The molecule has 0 bridgehead atoms. The predicted octanol–water partition coefficient (Wildman–Crippen LogP) is -0.0264. The number of nitrogens with two attached hydrogens (primary N) is 1. The first kappa shape index (κ1) is 12.5. The van der Waals surface area contributed by atoms with Crippen LogP contribution in [0, 0.1) is 0 Å². The highest BCUT2D eigenvalue weighted by molar-refractivity contribution is 5.89. The molecule has 0 aliphatic rings. The van der Waals surface area contributed by atoms with Crippen LogP contribution in [-0.4, -0.2) is 31.1 Å². The number of hydrazone groups is 1. The predicted molar refractivity (Wildman–Crippen MR) is 42.3 cm³/mol. The van der Waals surface area contributed by atoms with Gasteiger partial charge in [0.2, 0.25) is 5.84 Å². The second kappa shape index (κ2) is 5.30. The third kappa shape index (κ3) is 4.53. The Hall–Kier alpha value is -1.47. The number of carbonyl (C=O) groups is 1. The lowest BCUT2D eigenvalue weighted by atomic mass is 10.5. The molecule has 82 valence electrons. The van der Waals surface area contributed by atoms with Crippen LogP contribution in [0.25, 0.3) is 0 Å². The Bertz CT molecular complexity index is 227. The van der Waals surface area contributed by atoms with E-state index >= 15 is 0 Å². The van der Waals surface area contributed by atoms with E-state index < -0.39 is 24.5 Å². The van der Waals surface area contributed by atoms with Gasteiger partial charge in [-0.25, -0.2) is 0 Å². The smallest absolute Gasteiger partial charge is 0.451 e. The Labute approximate surface area is 78.1 Å². The Morgan fingerprint density at radius 1 is 1.57 bits per heavy atom. The zero-order valence-electron chi connectivity index (χ0n) is 7.39. The van der Waals surface area contributed by atoms with Crippen molar-refractivity contribution in [1.82, 2.24) is 5.32 Å². The minimum atomic E-state index is -4.69. The summed E-state index contributed by atoms with van der Waals surface area (Å²) in [6.07, 6.45) is -4.69. The first-order valence-electron chi connectivity index (χ1n) is 3.66. The largest absolute Gasteiger partial charge is 0.465 e. The van der Waals surface area contributed by atoms with Gasteiger partial charge in [-0.3, -0.25) is 4.79 Å². The molecule has 0 saturated heterocycles. The topological polar surface area (TPSA) is 76.7 Å². The van der Waals surface area contributed by atoms with Crippen molar-refractivity contribution in [3.8, 4) is 0 Å². The summed E-state index contributed by atoms with van der Waals surface area (Å²) in [4.78, 5) is 10.6. The van der Waals surface area contributed by atoms with Crippen LogP contribution in [0.4, 0.5) is 13.2 Å². The Morgan fingerprint density at radius 3 is 2.50 bits per heavy atom. The molecule has 0 rings (SSSR count). The molecular formula is C6H10F3N3O2. The van der Waals surface area contributed by atoms with Gasteiger partial charge in [0, 0.05) is 0 Å². The van der Waals surface area contributed by atoms with E-state index in [-0.39, 0.29) is 6.61 Å². The fraction of sp³-hybridized carbons (Fsp3) is 0.667. The summed E-state index contributed by atoms with van der Waals surface area (Å²) in [7, 11) is 0.